The number of ether oxygens (including phenoxy) is 1. The van der Waals surface area contributed by atoms with Gasteiger partial charge in [0.05, 0.1) is 30.2 Å². The van der Waals surface area contributed by atoms with E-state index in [9.17, 15) is 9.59 Å². The molecule has 0 spiro atoms. The van der Waals surface area contributed by atoms with Gasteiger partial charge in [-0.3, -0.25) is 14.6 Å². The minimum atomic E-state index is -0.331. The molecule has 34 heavy (non-hydrogen) atoms. The summed E-state index contributed by atoms with van der Waals surface area (Å²) in [5, 5.41) is 3.09. The molecule has 0 aliphatic rings. The molecule has 2 heterocycles. The molecule has 8 heteroatoms. The monoisotopic (exact) mass is 461 g/mol. The van der Waals surface area contributed by atoms with Crippen LogP contribution in [0.15, 0.2) is 59.7 Å². The molecule has 8 nitrogen and oxygen atoms in total. The van der Waals surface area contributed by atoms with E-state index < -0.39 is 0 Å². The molecule has 3 rings (SSSR count). The average Bonchev–Trinajstić information content (AvgIpc) is 2.84. The van der Waals surface area contributed by atoms with Crippen LogP contribution in [-0.2, 0) is 17.8 Å². The minimum absolute atomic E-state index is 0.0744. The molecule has 0 radical (unpaired) electrons. The quantitative estimate of drug-likeness (QED) is 0.353. The van der Waals surface area contributed by atoms with Gasteiger partial charge in [0.2, 0.25) is 5.78 Å². The molecular formula is C26H31N5O3. The largest absolute Gasteiger partial charge is 0.398 e. The van der Waals surface area contributed by atoms with E-state index in [1.807, 2.05) is 38.2 Å². The number of ketones is 1. The molecule has 3 aromatic rings. The summed E-state index contributed by atoms with van der Waals surface area (Å²) in [6.07, 6.45) is 5.39. The van der Waals surface area contributed by atoms with E-state index in [4.69, 9.17) is 10.5 Å². The normalized spacial score (nSPS) is 12.5. The zero-order chi connectivity index (χ0) is 24.7. The Morgan fingerprint density at radius 2 is 1.97 bits per heavy atom. The Balaban J connectivity index is 1.89. The lowest BCUT2D eigenvalue weighted by Gasteiger charge is -2.15. The summed E-state index contributed by atoms with van der Waals surface area (Å²) in [5.74, 6) is -0.331. The average molecular weight is 462 g/mol. The number of carbonyl (C=O) groups excluding carboxylic acids is 1. The van der Waals surface area contributed by atoms with Crippen LogP contribution >= 0.6 is 0 Å². The van der Waals surface area contributed by atoms with Crippen LogP contribution in [0.25, 0.3) is 17.0 Å². The summed E-state index contributed by atoms with van der Waals surface area (Å²) in [7, 11) is 3.51. The van der Waals surface area contributed by atoms with Crippen LogP contribution in [0, 0.1) is 6.92 Å². The van der Waals surface area contributed by atoms with Crippen molar-refractivity contribution in [3.8, 4) is 11.3 Å². The van der Waals surface area contributed by atoms with Crippen LogP contribution in [0.3, 0.4) is 0 Å². The number of rotatable bonds is 10. The van der Waals surface area contributed by atoms with E-state index in [1.54, 1.807) is 37.1 Å². The highest BCUT2D eigenvalue weighted by Gasteiger charge is 2.15. The Kier molecular flexibility index (Phi) is 8.45. The molecule has 178 valence electrons. The van der Waals surface area contributed by atoms with Crippen LogP contribution in [0.5, 0.6) is 0 Å². The number of aryl methyl sites for hydroxylation is 1. The number of aromatic nitrogens is 3. The summed E-state index contributed by atoms with van der Waals surface area (Å²) in [5.41, 5.74) is 10.2. The van der Waals surface area contributed by atoms with Crippen molar-refractivity contribution >= 4 is 11.5 Å². The third-order valence-corrected chi connectivity index (χ3v) is 5.61. The molecule has 0 amide bonds. The van der Waals surface area contributed by atoms with E-state index >= 15 is 0 Å². The lowest BCUT2D eigenvalue weighted by atomic mass is 10.1. The third kappa shape index (κ3) is 6.03. The Hall–Kier alpha value is -3.62. The summed E-state index contributed by atoms with van der Waals surface area (Å²) < 4.78 is 7.00. The summed E-state index contributed by atoms with van der Waals surface area (Å²) in [4.78, 5) is 34.2. The molecule has 1 unspecified atom stereocenters. The molecule has 0 saturated carbocycles. The number of methoxy groups -OCH3 is 1. The predicted octanol–water partition coefficient (Wildman–Crippen LogP) is 2.94. The maximum atomic E-state index is 13.0. The minimum Gasteiger partial charge on any atom is -0.398 e. The van der Waals surface area contributed by atoms with Gasteiger partial charge in [-0.2, -0.15) is 0 Å². The van der Waals surface area contributed by atoms with Crippen molar-refractivity contribution in [3.63, 3.8) is 0 Å². The standard InChI is InChI=1S/C26H31N5O3/c1-5-21(34-4)16-31-15-20(10-11-25(31)33)23-14-29-17(2)26(30-23)24(32)12-22(27)19-8-6-18(7-9-19)13-28-3/h6-12,14-15,21,28H,5,13,16,27H2,1-4H3. The number of nitrogens with two attached hydrogens (primary N) is 1. The Labute approximate surface area is 199 Å². The highest BCUT2D eigenvalue weighted by atomic mass is 16.5. The van der Waals surface area contributed by atoms with E-state index in [-0.39, 0.29) is 23.1 Å². The van der Waals surface area contributed by atoms with Gasteiger partial charge in [0.25, 0.3) is 5.56 Å². The maximum absolute atomic E-state index is 13.0. The van der Waals surface area contributed by atoms with E-state index in [1.165, 1.54) is 12.1 Å². The summed E-state index contributed by atoms with van der Waals surface area (Å²) in [6, 6.07) is 10.9. The molecule has 0 saturated heterocycles. The lowest BCUT2D eigenvalue weighted by Crippen LogP contribution is -2.26. The van der Waals surface area contributed by atoms with Crippen molar-refractivity contribution in [2.45, 2.75) is 39.5 Å². The van der Waals surface area contributed by atoms with Crippen molar-refractivity contribution in [3.05, 3.63) is 87.7 Å². The SMILES string of the molecule is CCC(Cn1cc(-c2cnc(C)c(C(=O)C=C(N)c3ccc(CNC)cc3)n2)ccc1=O)OC. The first-order chi connectivity index (χ1) is 16.4. The third-order valence-electron chi connectivity index (χ3n) is 5.61. The van der Waals surface area contributed by atoms with Crippen molar-refractivity contribution < 1.29 is 9.53 Å². The number of carbonyl (C=O) groups is 1. The fourth-order valence-corrected chi connectivity index (χ4v) is 3.55. The zero-order valence-corrected chi connectivity index (χ0v) is 20.0. The smallest absolute Gasteiger partial charge is 0.250 e. The molecule has 0 bridgehead atoms. The van der Waals surface area contributed by atoms with Crippen LogP contribution in [-0.4, -0.2) is 40.6 Å². The second-order valence-corrected chi connectivity index (χ2v) is 8.05. The van der Waals surface area contributed by atoms with E-state index in [0.29, 0.717) is 29.2 Å². The van der Waals surface area contributed by atoms with Crippen molar-refractivity contribution in [2.75, 3.05) is 14.2 Å². The Morgan fingerprint density at radius 3 is 2.62 bits per heavy atom. The van der Waals surface area contributed by atoms with Gasteiger partial charge in [-0.15, -0.1) is 0 Å². The lowest BCUT2D eigenvalue weighted by molar-refractivity contribution is 0.0838. The fourth-order valence-electron chi connectivity index (χ4n) is 3.55. The van der Waals surface area contributed by atoms with Gasteiger partial charge >= 0.3 is 0 Å². The molecule has 3 N–H and O–H groups in total. The molecule has 1 atom stereocenters. The highest BCUT2D eigenvalue weighted by molar-refractivity contribution is 6.07. The van der Waals surface area contributed by atoms with E-state index in [0.717, 1.165) is 24.1 Å². The topological polar surface area (TPSA) is 112 Å². The van der Waals surface area contributed by atoms with Crippen molar-refractivity contribution in [1.29, 1.82) is 0 Å². The molecular weight excluding hydrogens is 430 g/mol. The molecule has 2 aromatic heterocycles. The van der Waals surface area contributed by atoms with Crippen molar-refractivity contribution in [1.82, 2.24) is 19.9 Å². The van der Waals surface area contributed by atoms with Crippen LogP contribution < -0.4 is 16.6 Å². The number of pyridine rings is 1. The second-order valence-electron chi connectivity index (χ2n) is 8.05. The van der Waals surface area contributed by atoms with Gasteiger partial charge in [0, 0.05) is 43.3 Å². The van der Waals surface area contributed by atoms with Crippen LogP contribution in [0.4, 0.5) is 0 Å². The number of allylic oxidation sites excluding steroid dienone is 1. The van der Waals surface area contributed by atoms with E-state index in [2.05, 4.69) is 15.3 Å². The zero-order valence-electron chi connectivity index (χ0n) is 20.0. The first kappa shape index (κ1) is 25.0. The number of nitrogens with zero attached hydrogens (tertiary/aromatic N) is 3. The van der Waals surface area contributed by atoms with Gasteiger partial charge in [-0.25, -0.2) is 4.98 Å². The number of hydrogen-bond donors (Lipinski definition) is 2. The summed E-state index contributed by atoms with van der Waals surface area (Å²) >= 11 is 0. The highest BCUT2D eigenvalue weighted by Crippen LogP contribution is 2.18. The molecule has 0 aliphatic heterocycles. The Morgan fingerprint density at radius 1 is 1.24 bits per heavy atom. The number of hydrogen-bond acceptors (Lipinski definition) is 7. The number of benzene rings is 1. The molecule has 0 fully saturated rings. The van der Waals surface area contributed by atoms with Gasteiger partial charge in [-0.1, -0.05) is 31.2 Å². The summed E-state index contributed by atoms with van der Waals surface area (Å²) in [6.45, 7) is 4.91. The second kappa shape index (κ2) is 11.5. The van der Waals surface area contributed by atoms with Gasteiger partial charge in [0.1, 0.15) is 5.69 Å². The van der Waals surface area contributed by atoms with Gasteiger partial charge in [-0.05, 0) is 37.6 Å². The first-order valence-corrected chi connectivity index (χ1v) is 11.2. The predicted molar refractivity (Wildman–Crippen MR) is 133 cm³/mol. The van der Waals surface area contributed by atoms with Crippen LogP contribution in [0.1, 0.15) is 40.7 Å². The number of nitrogens with one attached hydrogen (secondary N) is 1. The van der Waals surface area contributed by atoms with Crippen molar-refractivity contribution in [2.24, 2.45) is 5.73 Å². The first-order valence-electron chi connectivity index (χ1n) is 11.2. The molecule has 1 aromatic carbocycles. The van der Waals surface area contributed by atoms with Crippen LogP contribution in [0.2, 0.25) is 0 Å². The maximum Gasteiger partial charge on any atom is 0.250 e. The Bertz CT molecular complexity index is 1230. The fraction of sp³-hybridized carbons (Fsp3) is 0.308. The van der Waals surface area contributed by atoms with Gasteiger partial charge in [0.15, 0.2) is 0 Å². The molecule has 0 aliphatic carbocycles. The van der Waals surface area contributed by atoms with Gasteiger partial charge < -0.3 is 20.4 Å².